The van der Waals surface area contributed by atoms with Crippen LogP contribution < -0.4 is 4.90 Å². The van der Waals surface area contributed by atoms with Crippen LogP contribution in [-0.2, 0) is 11.3 Å². The summed E-state index contributed by atoms with van der Waals surface area (Å²) in [6.45, 7) is 0.665. The second-order valence-corrected chi connectivity index (χ2v) is 6.56. The second kappa shape index (κ2) is 6.02. The van der Waals surface area contributed by atoms with Gasteiger partial charge in [-0.3, -0.25) is 9.36 Å². The fourth-order valence-corrected chi connectivity index (χ4v) is 3.31. The molecule has 9 heteroatoms. The van der Waals surface area contributed by atoms with Crippen LogP contribution in [0.1, 0.15) is 24.6 Å². The molecule has 2 heterocycles. The number of thioether (sulfide) groups is 1. The highest BCUT2D eigenvalue weighted by Crippen LogP contribution is 2.40. The monoisotopic (exact) mass is 325 g/mol. The minimum absolute atomic E-state index is 0.000649. The fourth-order valence-electron chi connectivity index (χ4n) is 2.04. The highest BCUT2D eigenvalue weighted by atomic mass is 32.2. The van der Waals surface area contributed by atoms with Gasteiger partial charge >= 0.3 is 5.97 Å². The van der Waals surface area contributed by atoms with E-state index in [4.69, 9.17) is 5.11 Å². The van der Waals surface area contributed by atoms with Gasteiger partial charge in [0.2, 0.25) is 5.95 Å². The number of rotatable bonds is 7. The number of carbonyl (C=O) groups is 1. The van der Waals surface area contributed by atoms with E-state index < -0.39 is 5.97 Å². The Balaban J connectivity index is 1.79. The van der Waals surface area contributed by atoms with E-state index in [1.165, 1.54) is 11.8 Å². The lowest BCUT2D eigenvalue weighted by Gasteiger charge is -2.18. The number of carboxylic acids is 1. The third-order valence-electron chi connectivity index (χ3n) is 3.11. The maximum Gasteiger partial charge on any atom is 0.313 e. The highest BCUT2D eigenvalue weighted by molar-refractivity contribution is 7.99. The van der Waals surface area contributed by atoms with E-state index in [-0.39, 0.29) is 5.75 Å². The molecule has 0 bridgehead atoms. The van der Waals surface area contributed by atoms with Gasteiger partial charge in [0.15, 0.2) is 5.16 Å². The number of hydrogen-bond acceptors (Lipinski definition) is 7. The molecule has 1 N–H and O–H groups in total. The molecule has 0 saturated heterocycles. The van der Waals surface area contributed by atoms with Crippen molar-refractivity contribution in [2.24, 2.45) is 0 Å². The van der Waals surface area contributed by atoms with Gasteiger partial charge in [-0.15, -0.1) is 21.5 Å². The van der Waals surface area contributed by atoms with Gasteiger partial charge in [-0.25, -0.2) is 4.98 Å². The molecule has 0 atom stereocenters. The van der Waals surface area contributed by atoms with Crippen molar-refractivity contribution in [1.29, 1.82) is 0 Å². The molecule has 112 valence electrons. The van der Waals surface area contributed by atoms with Crippen LogP contribution in [0.5, 0.6) is 0 Å². The fraction of sp³-hybridized carbons (Fsp3) is 0.500. The van der Waals surface area contributed by atoms with Crippen molar-refractivity contribution in [3.05, 3.63) is 16.6 Å². The topological polar surface area (TPSA) is 84.1 Å². The summed E-state index contributed by atoms with van der Waals surface area (Å²) in [4.78, 5) is 17.0. The van der Waals surface area contributed by atoms with Gasteiger partial charge in [-0.2, -0.15) is 0 Å². The van der Waals surface area contributed by atoms with E-state index in [1.807, 2.05) is 22.8 Å². The van der Waals surface area contributed by atoms with Crippen LogP contribution in [0.25, 0.3) is 0 Å². The predicted molar refractivity (Wildman–Crippen MR) is 80.9 cm³/mol. The molecular formula is C12H15N5O2S2. The largest absolute Gasteiger partial charge is 0.481 e. The van der Waals surface area contributed by atoms with Gasteiger partial charge in [0.1, 0.15) is 0 Å². The second-order valence-electron chi connectivity index (χ2n) is 4.90. The Bertz CT molecular complexity index is 624. The van der Waals surface area contributed by atoms with Crippen LogP contribution in [0.15, 0.2) is 16.0 Å². The van der Waals surface area contributed by atoms with Gasteiger partial charge in [-0.1, -0.05) is 11.8 Å². The lowest BCUT2D eigenvalue weighted by atomic mass is 10.4. The molecule has 2 aromatic rings. The number of anilines is 1. The minimum Gasteiger partial charge on any atom is -0.481 e. The highest BCUT2D eigenvalue weighted by Gasteiger charge is 2.31. The molecule has 1 aliphatic carbocycles. The SMILES string of the molecule is CN(Cc1cscn1)c1nnc(SCC(=O)O)n1C1CC1. The van der Waals surface area contributed by atoms with E-state index in [0.29, 0.717) is 17.7 Å². The molecule has 0 unspecified atom stereocenters. The first-order chi connectivity index (χ1) is 10.1. The Morgan fingerprint density at radius 2 is 2.38 bits per heavy atom. The number of nitrogens with zero attached hydrogens (tertiary/aromatic N) is 5. The van der Waals surface area contributed by atoms with E-state index in [1.54, 1.807) is 11.3 Å². The summed E-state index contributed by atoms with van der Waals surface area (Å²) in [7, 11) is 1.95. The summed E-state index contributed by atoms with van der Waals surface area (Å²) in [6, 6.07) is 0.393. The molecule has 7 nitrogen and oxygen atoms in total. The minimum atomic E-state index is -0.845. The maximum absolute atomic E-state index is 10.7. The summed E-state index contributed by atoms with van der Waals surface area (Å²) >= 11 is 2.79. The van der Waals surface area contributed by atoms with Crippen LogP contribution in [-0.4, -0.2) is 43.6 Å². The average Bonchev–Trinajstić information content (AvgIpc) is 2.99. The van der Waals surface area contributed by atoms with Crippen LogP contribution in [0, 0.1) is 0 Å². The normalized spacial score (nSPS) is 14.3. The Hall–Kier alpha value is -1.61. The third kappa shape index (κ3) is 3.35. The molecule has 0 aromatic carbocycles. The molecule has 21 heavy (non-hydrogen) atoms. The van der Waals surface area contributed by atoms with Crippen molar-refractivity contribution in [3.8, 4) is 0 Å². The molecule has 0 radical (unpaired) electrons. The number of thiazole rings is 1. The first-order valence-corrected chi connectivity index (χ1v) is 8.45. The predicted octanol–water partition coefficient (Wildman–Crippen LogP) is 1.88. The maximum atomic E-state index is 10.7. The molecule has 0 spiro atoms. The molecular weight excluding hydrogens is 310 g/mol. The van der Waals surface area contributed by atoms with Gasteiger partial charge in [0, 0.05) is 18.5 Å². The molecule has 1 saturated carbocycles. The third-order valence-corrected chi connectivity index (χ3v) is 4.67. The molecule has 0 aliphatic heterocycles. The summed E-state index contributed by atoms with van der Waals surface area (Å²) in [5, 5.41) is 19.9. The van der Waals surface area contributed by atoms with E-state index >= 15 is 0 Å². The van der Waals surface area contributed by atoms with Crippen molar-refractivity contribution >= 4 is 35.0 Å². The zero-order chi connectivity index (χ0) is 14.8. The van der Waals surface area contributed by atoms with Crippen molar-refractivity contribution in [2.45, 2.75) is 30.6 Å². The van der Waals surface area contributed by atoms with E-state index in [2.05, 4.69) is 19.7 Å². The first-order valence-electron chi connectivity index (χ1n) is 6.53. The van der Waals surface area contributed by atoms with Crippen molar-refractivity contribution in [1.82, 2.24) is 19.7 Å². The molecule has 2 aromatic heterocycles. The smallest absolute Gasteiger partial charge is 0.313 e. The molecule has 1 fully saturated rings. The molecule has 1 aliphatic rings. The zero-order valence-corrected chi connectivity index (χ0v) is 13.1. The van der Waals surface area contributed by atoms with Gasteiger partial charge in [-0.05, 0) is 12.8 Å². The summed E-state index contributed by atoms with van der Waals surface area (Å²) < 4.78 is 2.06. The summed E-state index contributed by atoms with van der Waals surface area (Å²) in [5.74, 6) is -0.0678. The quantitative estimate of drug-likeness (QED) is 0.778. The van der Waals surface area contributed by atoms with Crippen molar-refractivity contribution < 1.29 is 9.90 Å². The Labute approximate surface area is 130 Å². The zero-order valence-electron chi connectivity index (χ0n) is 11.5. The summed E-state index contributed by atoms with van der Waals surface area (Å²) in [5.41, 5.74) is 2.80. The average molecular weight is 325 g/mol. The van der Waals surface area contributed by atoms with Gasteiger partial charge in [0.25, 0.3) is 0 Å². The lowest BCUT2D eigenvalue weighted by molar-refractivity contribution is -0.133. The Morgan fingerprint density at radius 3 is 3.00 bits per heavy atom. The number of hydrogen-bond donors (Lipinski definition) is 1. The number of aromatic nitrogens is 4. The standard InChI is InChI=1S/C12H15N5O2S2/c1-16(4-8-5-20-7-13-8)11-14-15-12(21-6-10(18)19)17(11)9-2-3-9/h5,7,9H,2-4,6H2,1H3,(H,18,19). The lowest BCUT2D eigenvalue weighted by Crippen LogP contribution is -2.21. The van der Waals surface area contributed by atoms with Crippen LogP contribution in [0.2, 0.25) is 0 Å². The Kier molecular flexibility index (Phi) is 4.11. The van der Waals surface area contributed by atoms with Crippen LogP contribution in [0.4, 0.5) is 5.95 Å². The molecule has 0 amide bonds. The molecule has 3 rings (SSSR count). The number of aliphatic carboxylic acids is 1. The first kappa shape index (κ1) is 14.3. The van der Waals surface area contributed by atoms with Crippen molar-refractivity contribution in [2.75, 3.05) is 17.7 Å². The van der Waals surface area contributed by atoms with Crippen molar-refractivity contribution in [3.63, 3.8) is 0 Å². The van der Waals surface area contributed by atoms with Gasteiger partial charge < -0.3 is 10.0 Å². The van der Waals surface area contributed by atoms with E-state index in [9.17, 15) is 4.79 Å². The van der Waals surface area contributed by atoms with Crippen LogP contribution >= 0.6 is 23.1 Å². The van der Waals surface area contributed by atoms with Gasteiger partial charge in [0.05, 0.1) is 23.5 Å². The van der Waals surface area contributed by atoms with E-state index in [0.717, 1.165) is 24.5 Å². The van der Waals surface area contributed by atoms with Crippen LogP contribution in [0.3, 0.4) is 0 Å². The summed E-state index contributed by atoms with van der Waals surface area (Å²) in [6.07, 6.45) is 2.19. The Morgan fingerprint density at radius 1 is 1.57 bits per heavy atom. The number of carboxylic acid groups (broad SMARTS) is 1.